The molecule has 2 rings (SSSR count). The first-order valence-corrected chi connectivity index (χ1v) is 12.5. The van der Waals surface area contributed by atoms with Crippen LogP contribution in [-0.4, -0.2) is 69.0 Å². The molecule has 3 amide bonds. The zero-order valence-corrected chi connectivity index (χ0v) is 22.0. The maximum Gasteiger partial charge on any atom is 0.326 e. The van der Waals surface area contributed by atoms with Crippen molar-refractivity contribution in [1.82, 2.24) is 20.9 Å². The molecule has 0 aliphatic heterocycles. The van der Waals surface area contributed by atoms with Gasteiger partial charge in [-0.1, -0.05) is 52.3 Å². The SMILES string of the molecule is CCC(C)C(NC(=O)C(N)CC(=O)O)C(=O)NC(C(=O)NC(Cc1c[nH]c2ccccc12)C(=O)O)C(C)C. The lowest BCUT2D eigenvalue weighted by molar-refractivity contribution is -0.142. The fourth-order valence-electron chi connectivity index (χ4n) is 4.00. The minimum absolute atomic E-state index is 0.0247. The second kappa shape index (κ2) is 13.6. The number of rotatable bonds is 14. The number of aromatic amines is 1. The van der Waals surface area contributed by atoms with Gasteiger partial charge < -0.3 is 36.9 Å². The standard InChI is InChI=1S/C26H37N5O7/c1-5-14(4)22(31-23(34)17(27)11-20(32)33)25(36)30-21(13(2)3)24(35)29-19(26(37)38)10-15-12-28-18-9-7-6-8-16(15)18/h6-9,12-14,17,19,21-22,28H,5,10-11,27H2,1-4H3,(H,29,35)(H,30,36)(H,31,34)(H,32,33)(H,37,38). The van der Waals surface area contributed by atoms with Crippen LogP contribution in [0, 0.1) is 11.8 Å². The van der Waals surface area contributed by atoms with Crippen LogP contribution in [0.3, 0.4) is 0 Å². The van der Waals surface area contributed by atoms with Crippen molar-refractivity contribution >= 4 is 40.6 Å². The van der Waals surface area contributed by atoms with Crippen molar-refractivity contribution < 1.29 is 34.2 Å². The van der Waals surface area contributed by atoms with Gasteiger partial charge in [-0.3, -0.25) is 19.2 Å². The van der Waals surface area contributed by atoms with Crippen LogP contribution in [0.15, 0.2) is 30.5 Å². The third-order valence-corrected chi connectivity index (χ3v) is 6.48. The average Bonchev–Trinajstić information content (AvgIpc) is 3.26. The molecule has 5 unspecified atom stereocenters. The van der Waals surface area contributed by atoms with E-state index in [1.165, 1.54) is 0 Å². The summed E-state index contributed by atoms with van der Waals surface area (Å²) >= 11 is 0. The van der Waals surface area contributed by atoms with Crippen LogP contribution in [0.1, 0.15) is 46.1 Å². The molecule has 5 atom stereocenters. The largest absolute Gasteiger partial charge is 0.481 e. The van der Waals surface area contributed by atoms with Gasteiger partial charge in [-0.15, -0.1) is 0 Å². The van der Waals surface area contributed by atoms with Crippen LogP contribution in [-0.2, 0) is 30.4 Å². The zero-order chi connectivity index (χ0) is 28.6. The van der Waals surface area contributed by atoms with Gasteiger partial charge in [0.25, 0.3) is 0 Å². The molecule has 2 aromatic rings. The topological polar surface area (TPSA) is 204 Å². The summed E-state index contributed by atoms with van der Waals surface area (Å²) in [5.74, 6) is -5.40. The maximum absolute atomic E-state index is 13.2. The number of carboxylic acids is 2. The third kappa shape index (κ3) is 8.04. The first-order chi connectivity index (χ1) is 17.8. The van der Waals surface area contributed by atoms with Crippen LogP contribution in [0.25, 0.3) is 10.9 Å². The van der Waals surface area contributed by atoms with Crippen molar-refractivity contribution in [2.45, 2.75) is 71.1 Å². The Morgan fingerprint density at radius 2 is 1.53 bits per heavy atom. The van der Waals surface area contributed by atoms with Crippen molar-refractivity contribution in [3.8, 4) is 0 Å². The molecular formula is C26H37N5O7. The molecule has 0 saturated carbocycles. The van der Waals surface area contributed by atoms with Crippen LogP contribution in [0.2, 0.25) is 0 Å². The van der Waals surface area contributed by atoms with E-state index in [1.807, 2.05) is 31.2 Å². The van der Waals surface area contributed by atoms with Crippen LogP contribution >= 0.6 is 0 Å². The quantitative estimate of drug-likeness (QED) is 0.185. The number of nitrogens with two attached hydrogens (primary N) is 1. The normalized spacial score (nSPS) is 15.2. The summed E-state index contributed by atoms with van der Waals surface area (Å²) in [5.41, 5.74) is 7.19. The van der Waals surface area contributed by atoms with Crippen molar-refractivity contribution in [3.63, 3.8) is 0 Å². The molecule has 1 aromatic carbocycles. The number of fused-ring (bicyclic) bond motifs is 1. The van der Waals surface area contributed by atoms with Gasteiger partial charge in [-0.2, -0.15) is 0 Å². The smallest absolute Gasteiger partial charge is 0.326 e. The van der Waals surface area contributed by atoms with E-state index in [0.29, 0.717) is 6.42 Å². The molecule has 0 fully saturated rings. The van der Waals surface area contributed by atoms with E-state index in [-0.39, 0.29) is 12.3 Å². The lowest BCUT2D eigenvalue weighted by Crippen LogP contribution is -2.60. The number of aliphatic carboxylic acids is 2. The van der Waals surface area contributed by atoms with Crippen LogP contribution in [0.4, 0.5) is 0 Å². The predicted molar refractivity (Wildman–Crippen MR) is 140 cm³/mol. The number of nitrogens with one attached hydrogen (secondary N) is 4. The Labute approximate surface area is 220 Å². The number of benzene rings is 1. The minimum Gasteiger partial charge on any atom is -0.481 e. The summed E-state index contributed by atoms with van der Waals surface area (Å²) in [6.07, 6.45) is 1.61. The Balaban J connectivity index is 2.17. The zero-order valence-electron chi connectivity index (χ0n) is 22.0. The van der Waals surface area contributed by atoms with E-state index in [4.69, 9.17) is 10.8 Å². The highest BCUT2D eigenvalue weighted by atomic mass is 16.4. The van der Waals surface area contributed by atoms with Gasteiger partial charge in [0.1, 0.15) is 18.1 Å². The summed E-state index contributed by atoms with van der Waals surface area (Å²) in [6.45, 7) is 6.92. The van der Waals surface area contributed by atoms with E-state index >= 15 is 0 Å². The number of carbonyl (C=O) groups is 5. The van der Waals surface area contributed by atoms with Crippen molar-refractivity contribution in [2.24, 2.45) is 17.6 Å². The molecule has 208 valence electrons. The first-order valence-electron chi connectivity index (χ1n) is 12.5. The number of H-pyrrole nitrogens is 1. The molecule has 8 N–H and O–H groups in total. The van der Waals surface area contributed by atoms with Gasteiger partial charge in [0.2, 0.25) is 17.7 Å². The highest BCUT2D eigenvalue weighted by Gasteiger charge is 2.34. The molecule has 0 spiro atoms. The van der Waals surface area contributed by atoms with Gasteiger partial charge in [0.15, 0.2) is 0 Å². The van der Waals surface area contributed by atoms with Gasteiger partial charge >= 0.3 is 11.9 Å². The Kier molecular flexibility index (Phi) is 10.8. The lowest BCUT2D eigenvalue weighted by atomic mass is 9.95. The van der Waals surface area contributed by atoms with Crippen LogP contribution < -0.4 is 21.7 Å². The second-order valence-corrected chi connectivity index (χ2v) is 9.77. The molecule has 0 aliphatic carbocycles. The Morgan fingerprint density at radius 1 is 0.921 bits per heavy atom. The van der Waals surface area contributed by atoms with Gasteiger partial charge in [0.05, 0.1) is 12.5 Å². The maximum atomic E-state index is 13.2. The molecule has 0 saturated heterocycles. The summed E-state index contributed by atoms with van der Waals surface area (Å²) in [4.78, 5) is 64.7. The highest BCUT2D eigenvalue weighted by Crippen LogP contribution is 2.19. The van der Waals surface area contributed by atoms with Crippen molar-refractivity contribution in [1.29, 1.82) is 0 Å². The summed E-state index contributed by atoms with van der Waals surface area (Å²) in [6, 6.07) is 2.62. The average molecular weight is 532 g/mol. The number of hydrogen-bond acceptors (Lipinski definition) is 6. The van der Waals surface area contributed by atoms with Gasteiger partial charge in [-0.25, -0.2) is 4.79 Å². The summed E-state index contributed by atoms with van der Waals surface area (Å²) in [7, 11) is 0. The van der Waals surface area contributed by atoms with E-state index in [1.54, 1.807) is 27.0 Å². The number of carboxylic acid groups (broad SMARTS) is 2. The third-order valence-electron chi connectivity index (χ3n) is 6.48. The number of carbonyl (C=O) groups excluding carboxylic acids is 3. The number of amides is 3. The molecule has 0 bridgehead atoms. The van der Waals surface area contributed by atoms with E-state index in [0.717, 1.165) is 16.5 Å². The van der Waals surface area contributed by atoms with E-state index < -0.39 is 66.2 Å². The minimum atomic E-state index is -1.35. The van der Waals surface area contributed by atoms with Gasteiger partial charge in [0, 0.05) is 23.5 Å². The second-order valence-electron chi connectivity index (χ2n) is 9.77. The molecule has 12 heteroatoms. The monoisotopic (exact) mass is 531 g/mol. The Morgan fingerprint density at radius 3 is 2.11 bits per heavy atom. The molecule has 12 nitrogen and oxygen atoms in total. The molecule has 1 heterocycles. The Hall–Kier alpha value is -3.93. The fraction of sp³-hybridized carbons (Fsp3) is 0.500. The number of aromatic nitrogens is 1. The van der Waals surface area contributed by atoms with E-state index in [9.17, 15) is 29.1 Å². The Bertz CT molecular complexity index is 1160. The highest BCUT2D eigenvalue weighted by molar-refractivity contribution is 5.95. The molecular weight excluding hydrogens is 494 g/mol. The van der Waals surface area contributed by atoms with Crippen molar-refractivity contribution in [2.75, 3.05) is 0 Å². The van der Waals surface area contributed by atoms with Crippen molar-refractivity contribution in [3.05, 3.63) is 36.0 Å². The predicted octanol–water partition coefficient (Wildman–Crippen LogP) is 0.754. The van der Waals surface area contributed by atoms with Gasteiger partial charge in [-0.05, 0) is 23.5 Å². The lowest BCUT2D eigenvalue weighted by Gasteiger charge is -2.29. The molecule has 1 aromatic heterocycles. The summed E-state index contributed by atoms with van der Waals surface area (Å²) in [5, 5.41) is 27.2. The number of para-hydroxylation sites is 1. The molecule has 0 aliphatic rings. The number of hydrogen-bond donors (Lipinski definition) is 7. The van der Waals surface area contributed by atoms with Crippen LogP contribution in [0.5, 0.6) is 0 Å². The molecule has 0 radical (unpaired) electrons. The fourth-order valence-corrected chi connectivity index (χ4v) is 4.00. The summed E-state index contributed by atoms with van der Waals surface area (Å²) < 4.78 is 0. The molecule has 38 heavy (non-hydrogen) atoms. The first kappa shape index (κ1) is 30.3. The van der Waals surface area contributed by atoms with E-state index in [2.05, 4.69) is 20.9 Å².